The van der Waals surface area contributed by atoms with E-state index in [2.05, 4.69) is 0 Å². The molecule has 0 saturated carbocycles. The first-order chi connectivity index (χ1) is 10.9. The van der Waals surface area contributed by atoms with Crippen LogP contribution in [0.5, 0.6) is 0 Å². The van der Waals surface area contributed by atoms with E-state index in [1.807, 2.05) is 32.9 Å². The minimum Gasteiger partial charge on any atom is -0.462 e. The Morgan fingerprint density at radius 2 is 1.96 bits per heavy atom. The second kappa shape index (κ2) is 6.18. The molecule has 2 heterocycles. The average Bonchev–Trinajstić information content (AvgIpc) is 3.11. The Labute approximate surface area is 135 Å². The van der Waals surface area contributed by atoms with Gasteiger partial charge in [-0.1, -0.05) is 18.2 Å². The molecule has 3 rings (SSSR count). The van der Waals surface area contributed by atoms with Gasteiger partial charge in [0.1, 0.15) is 17.6 Å². The molecule has 0 radical (unpaired) electrons. The van der Waals surface area contributed by atoms with Crippen LogP contribution in [0.1, 0.15) is 41.8 Å². The number of benzene rings is 1. The quantitative estimate of drug-likeness (QED) is 0.806. The minimum atomic E-state index is -0.705. The van der Waals surface area contributed by atoms with Gasteiger partial charge < -0.3 is 18.6 Å². The zero-order valence-corrected chi connectivity index (χ0v) is 13.4. The van der Waals surface area contributed by atoms with E-state index < -0.39 is 24.0 Å². The topological polar surface area (TPSA) is 57.9 Å². The van der Waals surface area contributed by atoms with Crippen molar-refractivity contribution in [3.8, 4) is 0 Å². The summed E-state index contributed by atoms with van der Waals surface area (Å²) < 4.78 is 22.8. The number of aryl methyl sites for hydroxylation is 1. The van der Waals surface area contributed by atoms with Crippen molar-refractivity contribution in [3.05, 3.63) is 59.5 Å². The van der Waals surface area contributed by atoms with Crippen molar-refractivity contribution in [3.63, 3.8) is 0 Å². The van der Waals surface area contributed by atoms with Gasteiger partial charge in [0.25, 0.3) is 0 Å². The van der Waals surface area contributed by atoms with E-state index in [0.29, 0.717) is 17.9 Å². The highest BCUT2D eigenvalue weighted by Gasteiger charge is 2.41. The fourth-order valence-electron chi connectivity index (χ4n) is 2.55. The normalized spacial score (nSPS) is 21.1. The van der Waals surface area contributed by atoms with Gasteiger partial charge in [-0.05, 0) is 45.0 Å². The number of hydrogen-bond acceptors (Lipinski definition) is 5. The zero-order chi connectivity index (χ0) is 16.4. The molecule has 1 aromatic heterocycles. The summed E-state index contributed by atoms with van der Waals surface area (Å²) in [5.41, 5.74) is 0.485. The van der Waals surface area contributed by atoms with Gasteiger partial charge in [0.15, 0.2) is 11.9 Å². The van der Waals surface area contributed by atoms with Gasteiger partial charge in [-0.2, -0.15) is 0 Å². The summed E-state index contributed by atoms with van der Waals surface area (Å²) in [4.78, 5) is 12.4. The molecular weight excluding hydrogens is 296 g/mol. The molecule has 0 aliphatic carbocycles. The molecule has 5 heteroatoms. The summed E-state index contributed by atoms with van der Waals surface area (Å²) in [6.45, 7) is 5.84. The molecular formula is C18H20O5. The summed E-state index contributed by atoms with van der Waals surface area (Å²) in [7, 11) is 0. The maximum absolute atomic E-state index is 12.4. The summed E-state index contributed by atoms with van der Waals surface area (Å²) in [6, 6.07) is 12.5. The van der Waals surface area contributed by atoms with Crippen molar-refractivity contribution < 1.29 is 23.4 Å². The largest absolute Gasteiger partial charge is 0.462 e. The summed E-state index contributed by atoms with van der Waals surface area (Å²) in [6.07, 6.45) is -1.07. The number of carbonyl (C=O) groups is 1. The Hall–Kier alpha value is -2.11. The first-order valence-corrected chi connectivity index (χ1v) is 7.59. The Kier molecular flexibility index (Phi) is 4.24. The minimum absolute atomic E-state index is 0.333. The average molecular weight is 316 g/mol. The van der Waals surface area contributed by atoms with Gasteiger partial charge >= 0.3 is 5.97 Å². The molecule has 1 saturated heterocycles. The van der Waals surface area contributed by atoms with Crippen molar-refractivity contribution in [2.75, 3.05) is 6.61 Å². The fourth-order valence-corrected chi connectivity index (χ4v) is 2.55. The monoisotopic (exact) mass is 316 g/mol. The van der Waals surface area contributed by atoms with Crippen molar-refractivity contribution >= 4 is 5.97 Å². The highest BCUT2D eigenvalue weighted by Crippen LogP contribution is 2.34. The molecule has 1 fully saturated rings. The second-order valence-electron chi connectivity index (χ2n) is 6.01. The third-order valence-electron chi connectivity index (χ3n) is 3.65. The molecule has 0 bridgehead atoms. The first kappa shape index (κ1) is 15.8. The molecule has 2 aromatic rings. The Morgan fingerprint density at radius 1 is 1.22 bits per heavy atom. The van der Waals surface area contributed by atoms with Crippen LogP contribution in [-0.2, 0) is 14.2 Å². The van der Waals surface area contributed by atoms with E-state index >= 15 is 0 Å². The third-order valence-corrected chi connectivity index (χ3v) is 3.65. The lowest BCUT2D eigenvalue weighted by Crippen LogP contribution is -2.28. The number of carbonyl (C=O) groups excluding carboxylic acids is 1. The van der Waals surface area contributed by atoms with Crippen LogP contribution in [0.4, 0.5) is 0 Å². The maximum atomic E-state index is 12.4. The summed E-state index contributed by atoms with van der Waals surface area (Å²) in [5, 5.41) is 0. The van der Waals surface area contributed by atoms with Crippen molar-refractivity contribution in [1.29, 1.82) is 0 Å². The van der Waals surface area contributed by atoms with E-state index in [1.165, 1.54) is 0 Å². The highest BCUT2D eigenvalue weighted by atomic mass is 16.8. The van der Waals surface area contributed by atoms with Crippen LogP contribution in [0.3, 0.4) is 0 Å². The smallest absolute Gasteiger partial charge is 0.338 e. The molecule has 122 valence electrons. The molecule has 0 spiro atoms. The molecule has 0 amide bonds. The lowest BCUT2D eigenvalue weighted by molar-refractivity contribution is -0.153. The summed E-state index contributed by atoms with van der Waals surface area (Å²) in [5.74, 6) is 0.180. The molecule has 23 heavy (non-hydrogen) atoms. The molecule has 1 aliphatic rings. The molecule has 1 aromatic carbocycles. The second-order valence-corrected chi connectivity index (χ2v) is 6.01. The molecule has 0 N–H and O–H groups in total. The van der Waals surface area contributed by atoms with Crippen LogP contribution in [0.2, 0.25) is 0 Å². The summed E-state index contributed by atoms with van der Waals surface area (Å²) >= 11 is 0. The van der Waals surface area contributed by atoms with Gasteiger partial charge in [-0.3, -0.25) is 0 Å². The van der Waals surface area contributed by atoms with E-state index in [-0.39, 0.29) is 0 Å². The number of hydrogen-bond donors (Lipinski definition) is 0. The van der Waals surface area contributed by atoms with E-state index in [1.54, 1.807) is 30.3 Å². The molecule has 5 nitrogen and oxygen atoms in total. The van der Waals surface area contributed by atoms with Crippen molar-refractivity contribution in [1.82, 2.24) is 0 Å². The lowest BCUT2D eigenvalue weighted by atomic mass is 10.1. The van der Waals surface area contributed by atoms with Gasteiger partial charge in [0.05, 0.1) is 12.2 Å². The van der Waals surface area contributed by atoms with Crippen molar-refractivity contribution in [2.45, 2.75) is 38.8 Å². The van der Waals surface area contributed by atoms with Crippen LogP contribution in [0.25, 0.3) is 0 Å². The Bertz CT molecular complexity index is 674. The van der Waals surface area contributed by atoms with E-state index in [4.69, 9.17) is 18.6 Å². The van der Waals surface area contributed by atoms with Crippen LogP contribution in [0.15, 0.2) is 46.9 Å². The highest BCUT2D eigenvalue weighted by molar-refractivity contribution is 5.89. The molecule has 1 aliphatic heterocycles. The van der Waals surface area contributed by atoms with Crippen LogP contribution in [-0.4, -0.2) is 24.5 Å². The Morgan fingerprint density at radius 3 is 2.52 bits per heavy atom. The SMILES string of the molecule is Cc1ccc([C@H](OC(=O)c2ccccc2)[C@H]2COC(C)(C)O2)o1. The molecule has 2 atom stereocenters. The predicted octanol–water partition coefficient (Wildman–Crippen LogP) is 3.64. The van der Waals surface area contributed by atoms with Crippen molar-refractivity contribution in [2.24, 2.45) is 0 Å². The Balaban J connectivity index is 1.83. The van der Waals surface area contributed by atoms with E-state index in [9.17, 15) is 4.79 Å². The standard InChI is InChI=1S/C18H20O5/c1-12-9-10-14(21-12)16(15-11-20-18(2,3)23-15)22-17(19)13-7-5-4-6-8-13/h4-10,15-16H,11H2,1-3H3/t15-,16+/m1/s1. The maximum Gasteiger partial charge on any atom is 0.338 e. The van der Waals surface area contributed by atoms with Gasteiger partial charge in [0.2, 0.25) is 0 Å². The lowest BCUT2D eigenvalue weighted by Gasteiger charge is -2.23. The number of esters is 1. The van der Waals surface area contributed by atoms with Gasteiger partial charge in [0, 0.05) is 0 Å². The number of rotatable bonds is 4. The third kappa shape index (κ3) is 3.63. The number of furan rings is 1. The van der Waals surface area contributed by atoms with Gasteiger partial charge in [-0.15, -0.1) is 0 Å². The first-order valence-electron chi connectivity index (χ1n) is 7.59. The number of ether oxygens (including phenoxy) is 3. The van der Waals surface area contributed by atoms with E-state index in [0.717, 1.165) is 5.76 Å². The van der Waals surface area contributed by atoms with Crippen LogP contribution >= 0.6 is 0 Å². The van der Waals surface area contributed by atoms with Crippen LogP contribution < -0.4 is 0 Å². The van der Waals surface area contributed by atoms with Gasteiger partial charge in [-0.25, -0.2) is 4.79 Å². The fraction of sp³-hybridized carbons (Fsp3) is 0.389. The molecule has 0 unspecified atom stereocenters. The predicted molar refractivity (Wildman–Crippen MR) is 82.9 cm³/mol. The zero-order valence-electron chi connectivity index (χ0n) is 13.4. The van der Waals surface area contributed by atoms with Crippen LogP contribution in [0, 0.1) is 6.92 Å².